The first-order valence-corrected chi connectivity index (χ1v) is 3.17. The van der Waals surface area contributed by atoms with Crippen molar-refractivity contribution >= 4 is 6.08 Å². The largest absolute Gasteiger partial charge is 0.236 e. The summed E-state index contributed by atoms with van der Waals surface area (Å²) in [6, 6.07) is 1.40. The lowest BCUT2D eigenvalue weighted by Gasteiger charge is -2.02. The fraction of sp³-hybridized carbons (Fsp3) is 0.714. The van der Waals surface area contributed by atoms with Crippen molar-refractivity contribution in [3.05, 3.63) is 0 Å². The molecule has 0 aliphatic rings. The van der Waals surface area contributed by atoms with Gasteiger partial charge >= 0.3 is 0 Å². The van der Waals surface area contributed by atoms with E-state index in [4.69, 9.17) is 5.26 Å². The van der Waals surface area contributed by atoms with Crippen molar-refractivity contribution in [2.24, 2.45) is 10.9 Å². The van der Waals surface area contributed by atoms with Gasteiger partial charge in [-0.25, -0.2) is 4.79 Å². The van der Waals surface area contributed by atoms with E-state index in [1.807, 2.05) is 19.9 Å². The average molecular weight is 138 g/mol. The maximum Gasteiger partial charge on any atom is 0.236 e. The van der Waals surface area contributed by atoms with Crippen LogP contribution in [0.2, 0.25) is 0 Å². The molecule has 54 valence electrons. The topological polar surface area (TPSA) is 53.2 Å². The normalized spacial score (nSPS) is 11.8. The fourth-order valence-corrected chi connectivity index (χ4v) is 0.644. The number of aliphatic imine (C=N–C) groups is 1. The average Bonchev–Trinajstić information content (AvgIpc) is 1.86. The monoisotopic (exact) mass is 138 g/mol. The number of isocyanates is 1. The van der Waals surface area contributed by atoms with Gasteiger partial charge in [-0.1, -0.05) is 13.8 Å². The molecule has 1 atom stereocenters. The zero-order valence-corrected chi connectivity index (χ0v) is 6.16. The third-order valence-corrected chi connectivity index (χ3v) is 1.05. The van der Waals surface area contributed by atoms with Crippen molar-refractivity contribution in [3.63, 3.8) is 0 Å². The molecule has 0 heterocycles. The van der Waals surface area contributed by atoms with Crippen LogP contribution in [0.1, 0.15) is 20.3 Å². The molecule has 3 heteroatoms. The quantitative estimate of drug-likeness (QED) is 0.435. The molecule has 0 rings (SSSR count). The van der Waals surface area contributed by atoms with Gasteiger partial charge in [0.1, 0.15) is 6.04 Å². The smallest absolute Gasteiger partial charge is 0.211 e. The summed E-state index contributed by atoms with van der Waals surface area (Å²) >= 11 is 0. The summed E-state index contributed by atoms with van der Waals surface area (Å²) in [5, 5.41) is 8.38. The molecule has 0 aromatic heterocycles. The van der Waals surface area contributed by atoms with Gasteiger partial charge in [0.25, 0.3) is 0 Å². The maximum absolute atomic E-state index is 9.71. The zero-order valence-electron chi connectivity index (χ0n) is 6.16. The fourth-order valence-electron chi connectivity index (χ4n) is 0.644. The van der Waals surface area contributed by atoms with Gasteiger partial charge in [0.2, 0.25) is 6.08 Å². The Balaban J connectivity index is 3.86. The second-order valence-electron chi connectivity index (χ2n) is 2.49. The van der Waals surface area contributed by atoms with E-state index in [1.54, 1.807) is 0 Å². The van der Waals surface area contributed by atoms with Gasteiger partial charge in [-0.2, -0.15) is 10.3 Å². The third kappa shape index (κ3) is 3.82. The minimum atomic E-state index is -0.502. The second-order valence-corrected chi connectivity index (χ2v) is 2.49. The van der Waals surface area contributed by atoms with Crippen LogP contribution < -0.4 is 0 Å². The predicted octanol–water partition coefficient (Wildman–Crippen LogP) is 1.26. The number of nitrogens with zero attached hydrogens (tertiary/aromatic N) is 2. The lowest BCUT2D eigenvalue weighted by molar-refractivity contribution is 0.535. The van der Waals surface area contributed by atoms with E-state index in [-0.39, 0.29) is 0 Å². The number of rotatable bonds is 3. The molecule has 0 radical (unpaired) electrons. The Morgan fingerprint density at radius 2 is 2.20 bits per heavy atom. The van der Waals surface area contributed by atoms with Crippen LogP contribution in [0.5, 0.6) is 0 Å². The van der Waals surface area contributed by atoms with Crippen LogP contribution in [0.15, 0.2) is 4.99 Å². The summed E-state index contributed by atoms with van der Waals surface area (Å²) < 4.78 is 0. The van der Waals surface area contributed by atoms with Crippen molar-refractivity contribution < 1.29 is 4.79 Å². The molecule has 0 amide bonds. The molecule has 0 saturated carbocycles. The number of hydrogen-bond acceptors (Lipinski definition) is 3. The molecule has 0 aromatic carbocycles. The number of hydrogen-bond donors (Lipinski definition) is 0. The summed E-state index contributed by atoms with van der Waals surface area (Å²) in [5.41, 5.74) is 0. The second kappa shape index (κ2) is 4.72. The zero-order chi connectivity index (χ0) is 7.98. The molecule has 0 aliphatic carbocycles. The first-order valence-electron chi connectivity index (χ1n) is 3.17. The highest BCUT2D eigenvalue weighted by molar-refractivity contribution is 5.34. The lowest BCUT2D eigenvalue weighted by atomic mass is 10.1. The maximum atomic E-state index is 9.71. The van der Waals surface area contributed by atoms with Crippen LogP contribution in [0.3, 0.4) is 0 Å². The molecule has 10 heavy (non-hydrogen) atoms. The highest BCUT2D eigenvalue weighted by atomic mass is 16.1. The summed E-state index contributed by atoms with van der Waals surface area (Å²) in [4.78, 5) is 13.0. The Morgan fingerprint density at radius 3 is 2.50 bits per heavy atom. The molecule has 0 aromatic rings. The van der Waals surface area contributed by atoms with Gasteiger partial charge in [-0.05, 0) is 12.3 Å². The molecule has 0 spiro atoms. The predicted molar refractivity (Wildman–Crippen MR) is 37.0 cm³/mol. The van der Waals surface area contributed by atoms with Gasteiger partial charge < -0.3 is 0 Å². The molecular formula is C7H10N2O. The Kier molecular flexibility index (Phi) is 4.19. The number of nitriles is 1. The van der Waals surface area contributed by atoms with Gasteiger partial charge in [0.05, 0.1) is 6.07 Å². The van der Waals surface area contributed by atoms with Crippen molar-refractivity contribution in [2.75, 3.05) is 0 Å². The van der Waals surface area contributed by atoms with E-state index < -0.39 is 6.04 Å². The molecule has 1 unspecified atom stereocenters. The van der Waals surface area contributed by atoms with Crippen molar-refractivity contribution in [1.29, 1.82) is 5.26 Å². The van der Waals surface area contributed by atoms with E-state index in [0.29, 0.717) is 12.3 Å². The standard InChI is InChI=1S/C7H10N2O/c1-6(2)3-7(4-8)9-5-10/h6-7H,3H2,1-2H3. The van der Waals surface area contributed by atoms with Gasteiger partial charge in [0.15, 0.2) is 0 Å². The molecule has 0 N–H and O–H groups in total. The molecule has 0 aliphatic heterocycles. The highest BCUT2D eigenvalue weighted by Gasteiger charge is 2.06. The Labute approximate surface area is 60.4 Å². The first kappa shape index (κ1) is 8.87. The van der Waals surface area contributed by atoms with Gasteiger partial charge in [-0.3, -0.25) is 0 Å². The van der Waals surface area contributed by atoms with Gasteiger partial charge in [-0.15, -0.1) is 0 Å². The van der Waals surface area contributed by atoms with Crippen LogP contribution in [0, 0.1) is 17.2 Å². The van der Waals surface area contributed by atoms with E-state index in [0.717, 1.165) is 0 Å². The van der Waals surface area contributed by atoms with Crippen LogP contribution in [-0.2, 0) is 4.79 Å². The van der Waals surface area contributed by atoms with E-state index >= 15 is 0 Å². The van der Waals surface area contributed by atoms with E-state index in [1.165, 1.54) is 6.08 Å². The third-order valence-electron chi connectivity index (χ3n) is 1.05. The molecule has 0 bridgehead atoms. The van der Waals surface area contributed by atoms with Crippen LogP contribution >= 0.6 is 0 Å². The SMILES string of the molecule is CC(C)CC(C#N)N=C=O. The van der Waals surface area contributed by atoms with Crippen LogP contribution in [0.25, 0.3) is 0 Å². The van der Waals surface area contributed by atoms with Crippen molar-refractivity contribution in [2.45, 2.75) is 26.3 Å². The van der Waals surface area contributed by atoms with E-state index in [2.05, 4.69) is 4.99 Å². The van der Waals surface area contributed by atoms with E-state index in [9.17, 15) is 4.79 Å². The van der Waals surface area contributed by atoms with Crippen LogP contribution in [-0.4, -0.2) is 12.1 Å². The minimum absolute atomic E-state index is 0.391. The Hall–Kier alpha value is -1.13. The lowest BCUT2D eigenvalue weighted by Crippen LogP contribution is -2.04. The number of carbonyl (C=O) groups excluding carboxylic acids is 1. The minimum Gasteiger partial charge on any atom is -0.211 e. The molecule has 0 saturated heterocycles. The molecule has 3 nitrogen and oxygen atoms in total. The summed E-state index contributed by atoms with van der Waals surface area (Å²) in [6.07, 6.45) is 2.01. The van der Waals surface area contributed by atoms with Gasteiger partial charge in [0, 0.05) is 0 Å². The van der Waals surface area contributed by atoms with Crippen molar-refractivity contribution in [3.8, 4) is 6.07 Å². The Morgan fingerprint density at radius 1 is 1.60 bits per heavy atom. The van der Waals surface area contributed by atoms with Crippen molar-refractivity contribution in [1.82, 2.24) is 0 Å². The Bertz CT molecular complexity index is 175. The summed E-state index contributed by atoms with van der Waals surface area (Å²) in [7, 11) is 0. The van der Waals surface area contributed by atoms with Crippen LogP contribution in [0.4, 0.5) is 0 Å². The first-order chi connectivity index (χ1) is 4.70. The highest BCUT2D eigenvalue weighted by Crippen LogP contribution is 2.05. The summed E-state index contributed by atoms with van der Waals surface area (Å²) in [5.74, 6) is 0.391. The molecular weight excluding hydrogens is 128 g/mol. The molecule has 0 fully saturated rings. The summed E-state index contributed by atoms with van der Waals surface area (Å²) in [6.45, 7) is 3.95.